The first-order valence-corrected chi connectivity index (χ1v) is 11.9. The van der Waals surface area contributed by atoms with Gasteiger partial charge in [0, 0.05) is 60.5 Å². The van der Waals surface area contributed by atoms with Crippen LogP contribution in [0, 0.1) is 10.8 Å². The lowest BCUT2D eigenvalue weighted by Crippen LogP contribution is -2.45. The van der Waals surface area contributed by atoms with E-state index in [1.807, 2.05) is 48.7 Å². The highest BCUT2D eigenvalue weighted by Crippen LogP contribution is 2.46. The summed E-state index contributed by atoms with van der Waals surface area (Å²) in [4.78, 5) is 15.9. The van der Waals surface area contributed by atoms with Gasteiger partial charge in [0.15, 0.2) is 0 Å². The zero-order chi connectivity index (χ0) is 23.3. The number of nitroso groups, excluding NO2 is 1. The van der Waals surface area contributed by atoms with Crippen LogP contribution in [0.1, 0.15) is 37.7 Å². The van der Waals surface area contributed by atoms with Crippen molar-refractivity contribution in [2.45, 2.75) is 37.7 Å². The fourth-order valence-electron chi connectivity index (χ4n) is 5.01. The van der Waals surface area contributed by atoms with Crippen LogP contribution in [0.25, 0.3) is 22.0 Å². The molecule has 3 aromatic rings. The molecule has 4 rings (SSSR count). The lowest BCUT2D eigenvalue weighted by Gasteiger charge is -2.42. The standard InChI is InChI=1S/C26H30ClN3O3/c1-33-15-5-4-13-26(31,21-9-7-14-30(18-21)29-32)22-10-6-11-23(27)25(22)20-16-19-8-2-3-12-24(19)28-17-20/h2-3,6,8,10-12,16-17,21,31H,4-5,7,9,13-15,18H2,1H3. The van der Waals surface area contributed by atoms with Gasteiger partial charge in [0.2, 0.25) is 0 Å². The summed E-state index contributed by atoms with van der Waals surface area (Å²) in [5.74, 6) is -0.142. The summed E-state index contributed by atoms with van der Waals surface area (Å²) in [6.07, 6.45) is 5.62. The first kappa shape index (κ1) is 23.6. The van der Waals surface area contributed by atoms with Gasteiger partial charge >= 0.3 is 0 Å². The Morgan fingerprint density at radius 1 is 1.24 bits per heavy atom. The molecule has 0 spiro atoms. The third kappa shape index (κ3) is 5.03. The Morgan fingerprint density at radius 3 is 2.91 bits per heavy atom. The topological polar surface area (TPSA) is 75.0 Å². The molecule has 6 nitrogen and oxygen atoms in total. The van der Waals surface area contributed by atoms with Gasteiger partial charge in [-0.25, -0.2) is 0 Å². The number of hydrogen-bond acceptors (Lipinski definition) is 5. The highest BCUT2D eigenvalue weighted by molar-refractivity contribution is 6.33. The van der Waals surface area contributed by atoms with Crippen LogP contribution < -0.4 is 0 Å². The second-order valence-corrected chi connectivity index (χ2v) is 9.19. The highest BCUT2D eigenvalue weighted by Gasteiger charge is 2.42. The summed E-state index contributed by atoms with van der Waals surface area (Å²) in [6, 6.07) is 15.7. The number of nitrogens with zero attached hydrogens (tertiary/aromatic N) is 3. The molecule has 2 heterocycles. The van der Waals surface area contributed by atoms with E-state index in [4.69, 9.17) is 16.3 Å². The second kappa shape index (κ2) is 10.6. The van der Waals surface area contributed by atoms with Crippen molar-refractivity contribution >= 4 is 22.5 Å². The van der Waals surface area contributed by atoms with E-state index in [9.17, 15) is 10.0 Å². The number of halogens is 1. The Kier molecular flexibility index (Phi) is 7.58. The Morgan fingerprint density at radius 2 is 2.09 bits per heavy atom. The molecule has 7 heteroatoms. The molecular formula is C26H30ClN3O3. The van der Waals surface area contributed by atoms with Crippen LogP contribution in [0.3, 0.4) is 0 Å². The average molecular weight is 468 g/mol. The van der Waals surface area contributed by atoms with Gasteiger partial charge in [0.1, 0.15) is 0 Å². The molecule has 2 unspecified atom stereocenters. The van der Waals surface area contributed by atoms with Crippen LogP contribution >= 0.6 is 11.6 Å². The minimum Gasteiger partial charge on any atom is -0.385 e. The molecule has 0 aliphatic carbocycles. The molecule has 1 N–H and O–H groups in total. The lowest BCUT2D eigenvalue weighted by molar-refractivity contribution is -0.0616. The van der Waals surface area contributed by atoms with Crippen molar-refractivity contribution in [2.24, 2.45) is 11.2 Å². The number of fused-ring (bicyclic) bond motifs is 1. The first-order valence-electron chi connectivity index (χ1n) is 11.5. The van der Waals surface area contributed by atoms with Gasteiger partial charge in [-0.3, -0.25) is 9.99 Å². The second-order valence-electron chi connectivity index (χ2n) is 8.79. The third-order valence-corrected chi connectivity index (χ3v) is 7.02. The van der Waals surface area contributed by atoms with Crippen molar-refractivity contribution in [3.63, 3.8) is 0 Å². The molecule has 0 saturated carbocycles. The molecule has 1 aromatic heterocycles. The van der Waals surface area contributed by atoms with Crippen molar-refractivity contribution in [1.29, 1.82) is 0 Å². The van der Waals surface area contributed by atoms with Crippen molar-refractivity contribution in [1.82, 2.24) is 9.99 Å². The van der Waals surface area contributed by atoms with E-state index in [1.165, 1.54) is 5.01 Å². The molecule has 1 saturated heterocycles. The smallest absolute Gasteiger partial charge is 0.0948 e. The van der Waals surface area contributed by atoms with Crippen LogP contribution in [0.5, 0.6) is 0 Å². The Labute approximate surface area is 199 Å². The molecule has 1 aliphatic rings. The van der Waals surface area contributed by atoms with Gasteiger partial charge in [-0.2, -0.15) is 0 Å². The molecule has 0 radical (unpaired) electrons. The fourth-order valence-corrected chi connectivity index (χ4v) is 5.29. The summed E-state index contributed by atoms with van der Waals surface area (Å²) in [6.45, 7) is 1.68. The first-order chi connectivity index (χ1) is 16.1. The number of para-hydroxylation sites is 1. The van der Waals surface area contributed by atoms with Crippen molar-refractivity contribution < 1.29 is 9.84 Å². The Balaban J connectivity index is 1.80. The van der Waals surface area contributed by atoms with E-state index in [1.54, 1.807) is 7.11 Å². The summed E-state index contributed by atoms with van der Waals surface area (Å²) < 4.78 is 5.22. The molecule has 174 valence electrons. The van der Waals surface area contributed by atoms with Gasteiger partial charge in [0.05, 0.1) is 16.4 Å². The van der Waals surface area contributed by atoms with Crippen LogP contribution in [-0.2, 0) is 10.3 Å². The lowest BCUT2D eigenvalue weighted by atomic mass is 9.72. The Hall–Kier alpha value is -2.54. The van der Waals surface area contributed by atoms with E-state index >= 15 is 0 Å². The normalized spacial score (nSPS) is 18.3. The van der Waals surface area contributed by atoms with Gasteiger partial charge in [-0.1, -0.05) is 41.9 Å². The monoisotopic (exact) mass is 467 g/mol. The van der Waals surface area contributed by atoms with Gasteiger partial charge in [-0.15, -0.1) is 4.91 Å². The van der Waals surface area contributed by atoms with Crippen LogP contribution in [0.15, 0.2) is 60.0 Å². The number of methoxy groups -OCH3 is 1. The van der Waals surface area contributed by atoms with Gasteiger partial charge in [-0.05, 0) is 55.9 Å². The predicted molar refractivity (Wildman–Crippen MR) is 132 cm³/mol. The number of ether oxygens (including phenoxy) is 1. The molecule has 2 atom stereocenters. The van der Waals surface area contributed by atoms with Crippen LogP contribution in [0.2, 0.25) is 5.02 Å². The van der Waals surface area contributed by atoms with E-state index in [2.05, 4.69) is 16.3 Å². The number of piperidine rings is 1. The largest absolute Gasteiger partial charge is 0.385 e. The number of hydrogen-bond donors (Lipinski definition) is 1. The SMILES string of the molecule is COCCCCC(O)(c1cccc(Cl)c1-c1cnc2ccccc2c1)C1CCCN(N=O)C1. The molecule has 0 amide bonds. The number of benzene rings is 2. The maximum atomic E-state index is 12.3. The van der Waals surface area contributed by atoms with Crippen molar-refractivity contribution in [2.75, 3.05) is 26.8 Å². The molecule has 1 aliphatic heterocycles. The highest BCUT2D eigenvalue weighted by atomic mass is 35.5. The fraction of sp³-hybridized carbons (Fsp3) is 0.423. The number of unbranched alkanes of at least 4 members (excludes halogenated alkanes) is 1. The summed E-state index contributed by atoms with van der Waals surface area (Å²) >= 11 is 6.76. The zero-order valence-corrected chi connectivity index (χ0v) is 19.7. The van der Waals surface area contributed by atoms with Crippen molar-refractivity contribution in [3.05, 3.63) is 70.2 Å². The minimum atomic E-state index is -1.16. The van der Waals surface area contributed by atoms with Crippen molar-refractivity contribution in [3.8, 4) is 11.1 Å². The maximum Gasteiger partial charge on any atom is 0.0948 e. The minimum absolute atomic E-state index is 0.142. The predicted octanol–water partition coefficient (Wildman–Crippen LogP) is 5.95. The van der Waals surface area contributed by atoms with E-state index in [0.717, 1.165) is 53.3 Å². The summed E-state index contributed by atoms with van der Waals surface area (Å²) in [7, 11) is 1.68. The zero-order valence-electron chi connectivity index (χ0n) is 18.9. The molecule has 1 fully saturated rings. The number of aliphatic hydroxyl groups is 1. The molecule has 33 heavy (non-hydrogen) atoms. The number of rotatable bonds is 9. The van der Waals surface area contributed by atoms with E-state index < -0.39 is 5.60 Å². The third-order valence-electron chi connectivity index (χ3n) is 6.71. The van der Waals surface area contributed by atoms with E-state index in [-0.39, 0.29) is 5.92 Å². The quantitative estimate of drug-likeness (QED) is 0.310. The van der Waals surface area contributed by atoms with Gasteiger partial charge in [0.25, 0.3) is 0 Å². The van der Waals surface area contributed by atoms with Gasteiger partial charge < -0.3 is 9.84 Å². The molecule has 0 bridgehead atoms. The molecular weight excluding hydrogens is 438 g/mol. The number of aromatic nitrogens is 1. The average Bonchev–Trinajstić information content (AvgIpc) is 2.86. The maximum absolute atomic E-state index is 12.3. The van der Waals surface area contributed by atoms with Crippen LogP contribution in [0.4, 0.5) is 0 Å². The molecule has 2 aromatic carbocycles. The summed E-state index contributed by atoms with van der Waals surface area (Å²) in [5.41, 5.74) is 2.18. The van der Waals surface area contributed by atoms with E-state index in [0.29, 0.717) is 31.1 Å². The summed E-state index contributed by atoms with van der Waals surface area (Å²) in [5, 5.41) is 18.6. The Bertz CT molecular complexity index is 1110. The van der Waals surface area contributed by atoms with Crippen LogP contribution in [-0.4, -0.2) is 41.9 Å². The number of pyridine rings is 1.